The van der Waals surface area contributed by atoms with Crippen molar-refractivity contribution in [1.82, 2.24) is 20.0 Å². The number of nitrogens with one attached hydrogen (secondary N) is 1. The van der Waals surface area contributed by atoms with Crippen LogP contribution in [0, 0.1) is 17.0 Å². The van der Waals surface area contributed by atoms with E-state index in [1.165, 1.54) is 11.6 Å². The van der Waals surface area contributed by atoms with Gasteiger partial charge in [-0.1, -0.05) is 23.7 Å². The Kier molecular flexibility index (Phi) is 4.73. The van der Waals surface area contributed by atoms with Gasteiger partial charge < -0.3 is 10.2 Å². The molecule has 0 spiro atoms. The van der Waals surface area contributed by atoms with Crippen LogP contribution in [0.1, 0.15) is 27.8 Å². The largest absolute Gasteiger partial charge is 0.327 e. The second-order valence-electron chi connectivity index (χ2n) is 5.94. The molecule has 1 aliphatic heterocycles. The van der Waals surface area contributed by atoms with E-state index in [1.54, 1.807) is 18.0 Å². The Bertz CT molecular complexity index is 835. The molecular formula is C16H18ClN5O3. The first-order valence-electron chi connectivity index (χ1n) is 7.85. The van der Waals surface area contributed by atoms with Crippen molar-refractivity contribution in [2.45, 2.75) is 13.0 Å². The van der Waals surface area contributed by atoms with Crippen LogP contribution in [0.3, 0.4) is 0 Å². The van der Waals surface area contributed by atoms with E-state index >= 15 is 0 Å². The molecule has 2 heterocycles. The van der Waals surface area contributed by atoms with Crippen LogP contribution in [0.2, 0.25) is 5.02 Å². The first-order valence-corrected chi connectivity index (χ1v) is 8.23. The fraction of sp³-hybridized carbons (Fsp3) is 0.375. The van der Waals surface area contributed by atoms with Crippen molar-refractivity contribution >= 4 is 23.2 Å². The summed E-state index contributed by atoms with van der Waals surface area (Å²) in [5.74, 6) is -0.402. The Morgan fingerprint density at radius 3 is 2.92 bits per heavy atom. The predicted octanol–water partition coefficient (Wildman–Crippen LogP) is 2.08. The minimum absolute atomic E-state index is 0.00331. The van der Waals surface area contributed by atoms with Crippen LogP contribution in [0.4, 0.5) is 5.69 Å². The molecular weight excluding hydrogens is 346 g/mol. The quantitative estimate of drug-likeness (QED) is 0.665. The number of benzene rings is 1. The lowest BCUT2D eigenvalue weighted by Crippen LogP contribution is -2.49. The van der Waals surface area contributed by atoms with E-state index in [0.29, 0.717) is 24.7 Å². The van der Waals surface area contributed by atoms with Crippen LogP contribution in [-0.4, -0.2) is 45.1 Å². The number of nitro groups is 1. The van der Waals surface area contributed by atoms with E-state index in [4.69, 9.17) is 11.6 Å². The van der Waals surface area contributed by atoms with E-state index in [2.05, 4.69) is 10.4 Å². The average molecular weight is 364 g/mol. The maximum atomic E-state index is 13.1. The summed E-state index contributed by atoms with van der Waals surface area (Å²) in [6.45, 7) is 3.14. The minimum Gasteiger partial charge on any atom is -0.327 e. The molecule has 1 saturated heterocycles. The highest BCUT2D eigenvalue weighted by molar-refractivity contribution is 6.30. The summed E-state index contributed by atoms with van der Waals surface area (Å²) in [4.78, 5) is 25.6. The Hall–Kier alpha value is -2.45. The van der Waals surface area contributed by atoms with Gasteiger partial charge in [-0.2, -0.15) is 5.10 Å². The molecule has 1 amide bonds. The summed E-state index contributed by atoms with van der Waals surface area (Å²) in [5, 5.41) is 19.3. The molecule has 1 N–H and O–H groups in total. The number of amides is 1. The lowest BCUT2D eigenvalue weighted by molar-refractivity contribution is -0.385. The number of carbonyl (C=O) groups excluding carboxylic acids is 1. The molecule has 1 unspecified atom stereocenters. The Balaban J connectivity index is 2.02. The molecule has 132 valence electrons. The summed E-state index contributed by atoms with van der Waals surface area (Å²) >= 11 is 6.08. The molecule has 1 aromatic carbocycles. The van der Waals surface area contributed by atoms with Crippen LogP contribution in [-0.2, 0) is 7.05 Å². The maximum absolute atomic E-state index is 13.1. The Labute approximate surface area is 149 Å². The monoisotopic (exact) mass is 363 g/mol. The number of nitrogens with zero attached hydrogens (tertiary/aromatic N) is 4. The Morgan fingerprint density at radius 2 is 2.24 bits per heavy atom. The zero-order valence-corrected chi connectivity index (χ0v) is 14.7. The van der Waals surface area contributed by atoms with E-state index in [0.717, 1.165) is 5.56 Å². The number of hydrogen-bond donors (Lipinski definition) is 1. The highest BCUT2D eigenvalue weighted by Crippen LogP contribution is 2.29. The first kappa shape index (κ1) is 17.4. The fourth-order valence-electron chi connectivity index (χ4n) is 3.20. The maximum Gasteiger partial charge on any atom is 0.322 e. The van der Waals surface area contributed by atoms with Gasteiger partial charge in [-0.15, -0.1) is 0 Å². The third kappa shape index (κ3) is 3.22. The molecule has 1 fully saturated rings. The number of halogens is 1. The number of aromatic nitrogens is 2. The zero-order chi connectivity index (χ0) is 18.1. The van der Waals surface area contributed by atoms with Crippen LogP contribution < -0.4 is 5.32 Å². The predicted molar refractivity (Wildman–Crippen MR) is 92.7 cm³/mol. The molecule has 0 saturated carbocycles. The molecule has 8 nitrogen and oxygen atoms in total. The van der Waals surface area contributed by atoms with Gasteiger partial charge in [0.2, 0.25) is 5.69 Å². The molecule has 25 heavy (non-hydrogen) atoms. The van der Waals surface area contributed by atoms with Gasteiger partial charge in [-0.05, 0) is 24.6 Å². The SMILES string of the molecule is Cc1nn(C)c(C(=O)N2CCNCC2c2cccc(Cl)c2)c1[N+](=O)[O-]. The van der Waals surface area contributed by atoms with Gasteiger partial charge >= 0.3 is 5.69 Å². The summed E-state index contributed by atoms with van der Waals surface area (Å²) in [5.41, 5.74) is 0.868. The van der Waals surface area contributed by atoms with E-state index in [1.807, 2.05) is 18.2 Å². The normalized spacial score (nSPS) is 17.6. The highest BCUT2D eigenvalue weighted by atomic mass is 35.5. The van der Waals surface area contributed by atoms with Crippen molar-refractivity contribution in [2.75, 3.05) is 19.6 Å². The van der Waals surface area contributed by atoms with E-state index in [-0.39, 0.29) is 23.1 Å². The van der Waals surface area contributed by atoms with Crippen molar-refractivity contribution in [2.24, 2.45) is 7.05 Å². The number of aryl methyl sites for hydroxylation is 2. The summed E-state index contributed by atoms with van der Waals surface area (Å²) in [6.07, 6.45) is 0. The van der Waals surface area contributed by atoms with E-state index in [9.17, 15) is 14.9 Å². The third-order valence-corrected chi connectivity index (χ3v) is 4.55. The molecule has 9 heteroatoms. The summed E-state index contributed by atoms with van der Waals surface area (Å²) in [7, 11) is 1.55. The molecule has 3 rings (SSSR count). The van der Waals surface area contributed by atoms with Gasteiger partial charge in [-0.25, -0.2) is 0 Å². The molecule has 0 aliphatic carbocycles. The second kappa shape index (κ2) is 6.81. The number of carbonyl (C=O) groups is 1. The van der Waals surface area contributed by atoms with Gasteiger partial charge in [-0.3, -0.25) is 19.6 Å². The molecule has 1 atom stereocenters. The van der Waals surface area contributed by atoms with Gasteiger partial charge in [0.05, 0.1) is 11.0 Å². The van der Waals surface area contributed by atoms with Gasteiger partial charge in [0.1, 0.15) is 5.69 Å². The molecule has 1 aliphatic rings. The van der Waals surface area contributed by atoms with Crippen molar-refractivity contribution in [1.29, 1.82) is 0 Å². The van der Waals surface area contributed by atoms with Crippen molar-refractivity contribution in [3.63, 3.8) is 0 Å². The molecule has 1 aromatic heterocycles. The van der Waals surface area contributed by atoms with Crippen molar-refractivity contribution < 1.29 is 9.72 Å². The first-order chi connectivity index (χ1) is 11.9. The van der Waals surface area contributed by atoms with Crippen molar-refractivity contribution in [3.05, 3.63) is 56.4 Å². The lowest BCUT2D eigenvalue weighted by atomic mass is 10.0. The second-order valence-corrected chi connectivity index (χ2v) is 6.37. The fourth-order valence-corrected chi connectivity index (χ4v) is 3.40. The van der Waals surface area contributed by atoms with Gasteiger partial charge in [0, 0.05) is 31.7 Å². The average Bonchev–Trinajstić information content (AvgIpc) is 2.88. The molecule has 2 aromatic rings. The topological polar surface area (TPSA) is 93.3 Å². The molecule has 0 bridgehead atoms. The number of rotatable bonds is 3. The zero-order valence-electron chi connectivity index (χ0n) is 13.9. The number of piperazine rings is 1. The molecule has 0 radical (unpaired) electrons. The van der Waals surface area contributed by atoms with Crippen molar-refractivity contribution in [3.8, 4) is 0 Å². The number of hydrogen-bond acceptors (Lipinski definition) is 5. The standard InChI is InChI=1S/C16H18ClN5O3/c1-10-14(22(24)25)15(20(2)19-10)16(23)21-7-6-18-9-13(21)11-4-3-5-12(17)8-11/h3-5,8,13,18H,6-7,9H2,1-2H3. The lowest BCUT2D eigenvalue weighted by Gasteiger charge is -2.36. The van der Waals surface area contributed by atoms with Crippen LogP contribution in [0.25, 0.3) is 0 Å². The van der Waals surface area contributed by atoms with Gasteiger partial charge in [0.25, 0.3) is 5.91 Å². The van der Waals surface area contributed by atoms with Crippen LogP contribution in [0.5, 0.6) is 0 Å². The third-order valence-electron chi connectivity index (χ3n) is 4.31. The van der Waals surface area contributed by atoms with Crippen LogP contribution >= 0.6 is 11.6 Å². The summed E-state index contributed by atoms with van der Waals surface area (Å²) in [6, 6.07) is 7.04. The smallest absolute Gasteiger partial charge is 0.322 e. The van der Waals surface area contributed by atoms with Crippen LogP contribution in [0.15, 0.2) is 24.3 Å². The highest BCUT2D eigenvalue weighted by Gasteiger charge is 2.36. The summed E-state index contributed by atoms with van der Waals surface area (Å²) < 4.78 is 1.28. The minimum atomic E-state index is -0.549. The Morgan fingerprint density at radius 1 is 1.48 bits per heavy atom. The van der Waals surface area contributed by atoms with Gasteiger partial charge in [0.15, 0.2) is 0 Å². The van der Waals surface area contributed by atoms with E-state index < -0.39 is 10.8 Å².